The minimum atomic E-state index is -0.237. The smallest absolute Gasteiger partial charge is 0.277 e. The first kappa shape index (κ1) is 21.2. The molecule has 0 aliphatic carbocycles. The van der Waals surface area contributed by atoms with Crippen molar-refractivity contribution in [2.75, 3.05) is 39.2 Å². The van der Waals surface area contributed by atoms with E-state index in [2.05, 4.69) is 40.0 Å². The molecule has 8 heteroatoms. The molecule has 3 heterocycles. The van der Waals surface area contributed by atoms with Crippen molar-refractivity contribution < 1.29 is 4.74 Å². The van der Waals surface area contributed by atoms with Gasteiger partial charge in [-0.3, -0.25) is 4.79 Å². The van der Waals surface area contributed by atoms with Gasteiger partial charge in [-0.25, -0.2) is 9.67 Å². The van der Waals surface area contributed by atoms with Crippen LogP contribution in [0, 0.1) is 6.92 Å². The third-order valence-electron chi connectivity index (χ3n) is 6.40. The summed E-state index contributed by atoms with van der Waals surface area (Å²) in [6.07, 6.45) is 1.13. The summed E-state index contributed by atoms with van der Waals surface area (Å²) < 4.78 is 7.36. The fraction of sp³-hybridized carbons (Fsp3) is 0.320. The highest BCUT2D eigenvalue weighted by molar-refractivity contribution is 5.81. The molecular formula is C25H28N6O2. The number of rotatable bonds is 5. The summed E-state index contributed by atoms with van der Waals surface area (Å²) in [4.78, 5) is 25.5. The molecule has 5 rings (SSSR count). The Kier molecular flexibility index (Phi) is 5.38. The van der Waals surface area contributed by atoms with Crippen LogP contribution in [0.15, 0.2) is 53.3 Å². The Balaban J connectivity index is 1.56. The average molecular weight is 445 g/mol. The summed E-state index contributed by atoms with van der Waals surface area (Å²) in [7, 11) is 5.89. The summed E-state index contributed by atoms with van der Waals surface area (Å²) in [6.45, 7) is 3.85. The highest BCUT2D eigenvalue weighted by Gasteiger charge is 2.25. The van der Waals surface area contributed by atoms with Crippen LogP contribution >= 0.6 is 0 Å². The predicted molar refractivity (Wildman–Crippen MR) is 131 cm³/mol. The van der Waals surface area contributed by atoms with E-state index in [1.54, 1.807) is 11.8 Å². The largest absolute Gasteiger partial charge is 0.496 e. The van der Waals surface area contributed by atoms with Crippen LogP contribution in [-0.2, 0) is 0 Å². The van der Waals surface area contributed by atoms with Crippen molar-refractivity contribution >= 4 is 16.7 Å². The van der Waals surface area contributed by atoms with Gasteiger partial charge in [0.05, 0.1) is 24.1 Å². The van der Waals surface area contributed by atoms with E-state index < -0.39 is 0 Å². The number of para-hydroxylation sites is 1. The highest BCUT2D eigenvalue weighted by Crippen LogP contribution is 2.34. The lowest BCUT2D eigenvalue weighted by Gasteiger charge is -2.22. The fourth-order valence-corrected chi connectivity index (χ4v) is 4.52. The summed E-state index contributed by atoms with van der Waals surface area (Å²) in [5, 5.41) is 4.58. The topological polar surface area (TPSA) is 79.3 Å². The normalized spacial score (nSPS) is 16.2. The van der Waals surface area contributed by atoms with E-state index in [9.17, 15) is 4.79 Å². The Morgan fingerprint density at radius 3 is 2.61 bits per heavy atom. The van der Waals surface area contributed by atoms with Gasteiger partial charge < -0.3 is 19.5 Å². The minimum absolute atomic E-state index is 0.237. The molecule has 1 aliphatic rings. The van der Waals surface area contributed by atoms with Gasteiger partial charge in [-0.2, -0.15) is 5.10 Å². The zero-order valence-corrected chi connectivity index (χ0v) is 19.4. The molecule has 0 radical (unpaired) electrons. The molecule has 2 aromatic heterocycles. The number of H-pyrrole nitrogens is 1. The second kappa shape index (κ2) is 8.37. The van der Waals surface area contributed by atoms with Crippen LogP contribution < -0.4 is 15.2 Å². The maximum Gasteiger partial charge on any atom is 0.277 e. The molecule has 1 N–H and O–H groups in total. The number of aryl methyl sites for hydroxylation is 1. The van der Waals surface area contributed by atoms with Crippen LogP contribution in [0.1, 0.15) is 12.1 Å². The van der Waals surface area contributed by atoms with Crippen LogP contribution in [0.2, 0.25) is 0 Å². The van der Waals surface area contributed by atoms with Crippen LogP contribution in [-0.4, -0.2) is 65.0 Å². The maximum absolute atomic E-state index is 13.1. The molecule has 1 saturated heterocycles. The number of aromatic amines is 1. The lowest BCUT2D eigenvalue weighted by atomic mass is 10.1. The van der Waals surface area contributed by atoms with Crippen molar-refractivity contribution in [3.05, 3.63) is 64.6 Å². The Labute approximate surface area is 192 Å². The molecule has 0 amide bonds. The number of nitrogens with one attached hydrogen (secondary N) is 1. The van der Waals surface area contributed by atoms with Crippen molar-refractivity contribution in [1.29, 1.82) is 0 Å². The van der Waals surface area contributed by atoms with Gasteiger partial charge in [-0.05, 0) is 51.7 Å². The number of anilines is 1. The van der Waals surface area contributed by atoms with Crippen LogP contribution in [0.5, 0.6) is 5.75 Å². The minimum Gasteiger partial charge on any atom is -0.496 e. The molecule has 2 aromatic carbocycles. The number of likely N-dealkylation sites (N-methyl/N-ethyl adjacent to an activating group) is 1. The molecule has 1 fully saturated rings. The van der Waals surface area contributed by atoms with E-state index in [1.807, 2.05) is 49.4 Å². The van der Waals surface area contributed by atoms with Gasteiger partial charge in [-0.1, -0.05) is 18.2 Å². The van der Waals surface area contributed by atoms with Crippen molar-refractivity contribution in [1.82, 2.24) is 24.6 Å². The van der Waals surface area contributed by atoms with Gasteiger partial charge in [0.1, 0.15) is 17.1 Å². The first-order valence-corrected chi connectivity index (χ1v) is 11.1. The zero-order chi connectivity index (χ0) is 23.1. The number of fused-ring (bicyclic) bond motifs is 1. The summed E-state index contributed by atoms with van der Waals surface area (Å²) in [5.41, 5.74) is 4.15. The number of benzene rings is 2. The predicted octanol–water partition coefficient (Wildman–Crippen LogP) is 3.23. The van der Waals surface area contributed by atoms with Gasteiger partial charge in [0.2, 0.25) is 0 Å². The van der Waals surface area contributed by atoms with Crippen LogP contribution in [0.4, 0.5) is 5.69 Å². The molecular weight excluding hydrogens is 416 g/mol. The number of methoxy groups -OCH3 is 1. The van der Waals surface area contributed by atoms with E-state index in [1.165, 1.54) is 0 Å². The Morgan fingerprint density at radius 1 is 1.12 bits per heavy atom. The molecule has 170 valence electrons. The monoisotopic (exact) mass is 444 g/mol. The average Bonchev–Trinajstić information content (AvgIpc) is 3.45. The van der Waals surface area contributed by atoms with E-state index in [4.69, 9.17) is 9.72 Å². The molecule has 4 aromatic rings. The number of hydrogen-bond donors (Lipinski definition) is 1. The number of ether oxygens (including phenoxy) is 1. The Hall–Kier alpha value is -3.65. The van der Waals surface area contributed by atoms with Gasteiger partial charge in [0.15, 0.2) is 5.52 Å². The second-order valence-corrected chi connectivity index (χ2v) is 8.68. The Morgan fingerprint density at radius 2 is 1.91 bits per heavy atom. The van der Waals surface area contributed by atoms with E-state index in [0.717, 1.165) is 36.4 Å². The van der Waals surface area contributed by atoms with Gasteiger partial charge in [0, 0.05) is 30.9 Å². The van der Waals surface area contributed by atoms with Crippen molar-refractivity contribution in [3.8, 4) is 22.8 Å². The number of nitrogens with zero attached hydrogens (tertiary/aromatic N) is 5. The van der Waals surface area contributed by atoms with Gasteiger partial charge in [0.25, 0.3) is 5.56 Å². The molecule has 0 bridgehead atoms. The quantitative estimate of drug-likeness (QED) is 0.509. The van der Waals surface area contributed by atoms with E-state index >= 15 is 0 Å². The maximum atomic E-state index is 13.1. The number of aromatic nitrogens is 4. The molecule has 1 atom stereocenters. The standard InChI is InChI=1S/C25H28N6O2/c1-16-22-23(31(28-16)17-8-6-5-7-9-17)25(32)27-24(26-22)20-11-10-18(14-21(20)33-4)30-13-12-19(15-30)29(2)3/h5-11,14,19H,12-13,15H2,1-4H3,(H,26,27,32)/t19-/m0/s1. The fourth-order valence-electron chi connectivity index (χ4n) is 4.52. The molecule has 0 unspecified atom stereocenters. The lowest BCUT2D eigenvalue weighted by molar-refractivity contribution is 0.315. The zero-order valence-electron chi connectivity index (χ0n) is 19.4. The van der Waals surface area contributed by atoms with Crippen LogP contribution in [0.3, 0.4) is 0 Å². The molecule has 1 aliphatic heterocycles. The first-order chi connectivity index (χ1) is 16.0. The summed E-state index contributed by atoms with van der Waals surface area (Å²) >= 11 is 0. The van der Waals surface area contributed by atoms with E-state index in [0.29, 0.717) is 34.3 Å². The third kappa shape index (κ3) is 3.76. The number of hydrogen-bond acceptors (Lipinski definition) is 6. The van der Waals surface area contributed by atoms with Gasteiger partial charge >= 0.3 is 0 Å². The summed E-state index contributed by atoms with van der Waals surface area (Å²) in [6, 6.07) is 16.2. The third-order valence-corrected chi connectivity index (χ3v) is 6.40. The molecule has 0 spiro atoms. The first-order valence-electron chi connectivity index (χ1n) is 11.1. The SMILES string of the molecule is COc1cc(N2CC[C@H](N(C)C)C2)ccc1-c1nc2c(C)nn(-c3ccccc3)c2c(=O)[nH]1. The molecule has 33 heavy (non-hydrogen) atoms. The lowest BCUT2D eigenvalue weighted by Crippen LogP contribution is -2.31. The summed E-state index contributed by atoms with van der Waals surface area (Å²) in [5.74, 6) is 1.15. The molecule has 8 nitrogen and oxygen atoms in total. The Bertz CT molecular complexity index is 1360. The van der Waals surface area contributed by atoms with E-state index in [-0.39, 0.29) is 5.56 Å². The van der Waals surface area contributed by atoms with Gasteiger partial charge in [-0.15, -0.1) is 0 Å². The van der Waals surface area contributed by atoms with Crippen molar-refractivity contribution in [3.63, 3.8) is 0 Å². The van der Waals surface area contributed by atoms with Crippen LogP contribution in [0.25, 0.3) is 28.1 Å². The highest BCUT2D eigenvalue weighted by atomic mass is 16.5. The van der Waals surface area contributed by atoms with Crippen molar-refractivity contribution in [2.45, 2.75) is 19.4 Å². The second-order valence-electron chi connectivity index (χ2n) is 8.68. The molecule has 0 saturated carbocycles. The van der Waals surface area contributed by atoms with Crippen molar-refractivity contribution in [2.24, 2.45) is 0 Å².